The second-order valence-electron chi connectivity index (χ2n) is 6.30. The maximum absolute atomic E-state index is 12.7. The monoisotopic (exact) mass is 473 g/mol. The van der Waals surface area contributed by atoms with Gasteiger partial charge in [-0.2, -0.15) is 0 Å². The van der Waals surface area contributed by atoms with Crippen LogP contribution < -0.4 is 10.6 Å². The Kier molecular flexibility index (Phi) is 6.63. The molecule has 2 aliphatic heterocycles. The first-order valence-corrected chi connectivity index (χ1v) is 10.7. The van der Waals surface area contributed by atoms with Crippen molar-refractivity contribution < 1.29 is 29.1 Å². The fourth-order valence-corrected chi connectivity index (χ4v) is 5.43. The number of halogens is 1. The third-order valence-electron chi connectivity index (χ3n) is 4.53. The number of hydrogen-bond acceptors (Lipinski definition) is 9. The Bertz CT molecular complexity index is 937. The molecule has 0 bridgehead atoms. The third kappa shape index (κ3) is 4.00. The molecule has 160 valence electrons. The number of amides is 3. The normalized spacial score (nSPS) is 26.0. The molecule has 30 heavy (non-hydrogen) atoms. The van der Waals surface area contributed by atoms with E-state index < -0.39 is 34.6 Å². The number of nitrogens with one attached hydrogen (secondary N) is 2. The Hall–Kier alpha value is -2.64. The van der Waals surface area contributed by atoms with Gasteiger partial charge in [0.2, 0.25) is 12.3 Å². The van der Waals surface area contributed by atoms with Gasteiger partial charge < -0.3 is 25.5 Å². The largest absolute Gasteiger partial charge is 0.481 e. The van der Waals surface area contributed by atoms with Crippen molar-refractivity contribution in [1.82, 2.24) is 15.2 Å². The van der Waals surface area contributed by atoms with E-state index in [1.807, 2.05) is 0 Å². The molecule has 3 N–H and O–H groups in total. The number of aromatic nitrogens is 1. The summed E-state index contributed by atoms with van der Waals surface area (Å²) in [6.07, 6.45) is 1.81. The maximum atomic E-state index is 12.7. The quantitative estimate of drug-likeness (QED) is 0.211. The molecule has 0 spiro atoms. The highest BCUT2D eigenvalue weighted by molar-refractivity contribution is 8.00. The Balaban J connectivity index is 1.71. The minimum atomic E-state index is -1.28. The summed E-state index contributed by atoms with van der Waals surface area (Å²) in [5.41, 5.74) is -0.141. The maximum Gasteiger partial charge on any atom is 0.316 e. The van der Waals surface area contributed by atoms with Crippen molar-refractivity contribution >= 4 is 69.7 Å². The second-order valence-corrected chi connectivity index (χ2v) is 8.51. The number of thiazole rings is 1. The molecule has 0 radical (unpaired) electrons. The number of carboxylic acid groups (broad SMARTS) is 1. The molecule has 0 aliphatic carbocycles. The average molecular weight is 474 g/mol. The molecule has 1 aromatic rings. The van der Waals surface area contributed by atoms with Crippen LogP contribution in [0.5, 0.6) is 0 Å². The number of nitrogens with zero attached hydrogens (tertiary/aromatic N) is 3. The lowest BCUT2D eigenvalue weighted by molar-refractivity contribution is -0.156. The smallest absolute Gasteiger partial charge is 0.316 e. The third-order valence-corrected chi connectivity index (χ3v) is 6.98. The number of hydrogen-bond donors (Lipinski definition) is 3. The lowest BCUT2D eigenvalue weighted by atomic mass is 9.87. The predicted octanol–water partition coefficient (Wildman–Crippen LogP) is 0.285. The minimum absolute atomic E-state index is 0.0414. The molecule has 0 aromatic carbocycles. The molecular weight excluding hydrogens is 458 g/mol. The zero-order valence-corrected chi connectivity index (χ0v) is 17.8. The van der Waals surface area contributed by atoms with E-state index in [0.717, 1.165) is 16.9 Å². The first-order valence-electron chi connectivity index (χ1n) is 8.38. The highest BCUT2D eigenvalue weighted by Gasteiger charge is 2.56. The van der Waals surface area contributed by atoms with E-state index in [4.69, 9.17) is 16.4 Å². The Morgan fingerprint density at radius 1 is 1.53 bits per heavy atom. The van der Waals surface area contributed by atoms with E-state index in [1.165, 1.54) is 35.2 Å². The highest BCUT2D eigenvalue weighted by Crippen LogP contribution is 2.43. The Labute approximate surface area is 183 Å². The molecule has 2 aliphatic rings. The highest BCUT2D eigenvalue weighted by atomic mass is 35.5. The molecule has 2 unspecified atom stereocenters. The summed E-state index contributed by atoms with van der Waals surface area (Å²) in [4.78, 5) is 57.7. The number of oxime groups is 1. The van der Waals surface area contributed by atoms with Crippen molar-refractivity contribution in [3.8, 4) is 0 Å². The zero-order chi connectivity index (χ0) is 21.9. The van der Waals surface area contributed by atoms with Crippen LogP contribution in [0.2, 0.25) is 0 Å². The van der Waals surface area contributed by atoms with E-state index in [1.54, 1.807) is 0 Å². The van der Waals surface area contributed by atoms with Crippen LogP contribution in [0.25, 0.3) is 0 Å². The van der Waals surface area contributed by atoms with Gasteiger partial charge in [-0.25, -0.2) is 4.98 Å². The molecule has 2 saturated heterocycles. The van der Waals surface area contributed by atoms with Crippen molar-refractivity contribution in [2.45, 2.75) is 11.4 Å². The summed E-state index contributed by atoms with van der Waals surface area (Å²) in [6.45, 7) is -0.0414. The van der Waals surface area contributed by atoms with Gasteiger partial charge in [0.1, 0.15) is 29.6 Å². The molecule has 3 atom stereocenters. The molecular formula is C16H16ClN5O6S2. The Morgan fingerprint density at radius 2 is 2.30 bits per heavy atom. The molecule has 2 fully saturated rings. The van der Waals surface area contributed by atoms with Gasteiger partial charge in [-0.1, -0.05) is 22.8 Å². The number of carbonyl (C=O) groups is 4. The molecule has 3 heterocycles. The van der Waals surface area contributed by atoms with Crippen LogP contribution in [0.1, 0.15) is 5.69 Å². The Morgan fingerprint density at radius 3 is 2.93 bits per heavy atom. The lowest BCUT2D eigenvalue weighted by Crippen LogP contribution is -2.73. The fraction of sp³-hybridized carbons (Fsp3) is 0.375. The van der Waals surface area contributed by atoms with E-state index in [0.29, 0.717) is 6.41 Å². The summed E-state index contributed by atoms with van der Waals surface area (Å²) in [5, 5.41) is 19.6. The number of thioether (sulfide) groups is 1. The van der Waals surface area contributed by atoms with Crippen molar-refractivity contribution in [3.63, 3.8) is 0 Å². The molecule has 11 nitrogen and oxygen atoms in total. The number of anilines is 1. The van der Waals surface area contributed by atoms with Crippen LogP contribution in [0.3, 0.4) is 0 Å². The van der Waals surface area contributed by atoms with Gasteiger partial charge in [-0.15, -0.1) is 23.1 Å². The predicted molar refractivity (Wildman–Crippen MR) is 110 cm³/mol. The van der Waals surface area contributed by atoms with Gasteiger partial charge in [0.25, 0.3) is 5.91 Å². The van der Waals surface area contributed by atoms with Gasteiger partial charge in [0, 0.05) is 23.2 Å². The fourth-order valence-electron chi connectivity index (χ4n) is 3.02. The van der Waals surface area contributed by atoms with Crippen molar-refractivity contribution in [2.75, 3.05) is 24.7 Å². The van der Waals surface area contributed by atoms with Crippen LogP contribution in [-0.2, 0) is 24.0 Å². The minimum Gasteiger partial charge on any atom is -0.481 e. The van der Waals surface area contributed by atoms with Gasteiger partial charge in [-0.3, -0.25) is 19.2 Å². The van der Waals surface area contributed by atoms with Crippen molar-refractivity contribution in [1.29, 1.82) is 0 Å². The van der Waals surface area contributed by atoms with Crippen LogP contribution in [0.15, 0.2) is 22.1 Å². The molecule has 14 heteroatoms. The van der Waals surface area contributed by atoms with Crippen molar-refractivity contribution in [3.05, 3.63) is 22.7 Å². The summed E-state index contributed by atoms with van der Waals surface area (Å²) in [5.74, 6) is -1.98. The van der Waals surface area contributed by atoms with E-state index in [9.17, 15) is 24.3 Å². The van der Waals surface area contributed by atoms with Crippen LogP contribution in [0.4, 0.5) is 5.13 Å². The number of aliphatic carboxylic acids is 1. The van der Waals surface area contributed by atoms with Gasteiger partial charge in [0.05, 0.1) is 0 Å². The summed E-state index contributed by atoms with van der Waals surface area (Å²) in [7, 11) is 1.26. The number of β-lactam (4-membered cyclic amide) rings is 1. The summed E-state index contributed by atoms with van der Waals surface area (Å²) >= 11 is 7.91. The van der Waals surface area contributed by atoms with Crippen molar-refractivity contribution in [2.24, 2.45) is 10.6 Å². The van der Waals surface area contributed by atoms with Gasteiger partial charge in [0.15, 0.2) is 10.8 Å². The summed E-state index contributed by atoms with van der Waals surface area (Å²) < 4.78 is 0. The number of fused-ring (bicyclic) bond motifs is 1. The van der Waals surface area contributed by atoms with Gasteiger partial charge in [-0.05, 0) is 0 Å². The molecule has 1 aromatic heterocycles. The number of carboxylic acids is 1. The molecule has 0 saturated carbocycles. The zero-order valence-electron chi connectivity index (χ0n) is 15.4. The SMILES string of the molecule is CON=C(C(=O)NC1C(=O)N2CC(C=CCl)(C(=O)O)CS[C@H]12)c1csc(NC=O)n1. The lowest BCUT2D eigenvalue weighted by Gasteiger charge is -2.53. The summed E-state index contributed by atoms with van der Waals surface area (Å²) in [6, 6.07) is -0.845. The standard InChI is InChI=1S/C16H16ClN5O6S2/c1-28-21-9(8-4-29-15(19-8)18-7-23)11(24)20-10-12(25)22-5-16(2-3-17,14(26)27)6-30-13(10)22/h2-4,7,10,13H,5-6H2,1H3,(H,20,24)(H,26,27)(H,18,19,23)/t10?,13-,16?/m1/s1. The van der Waals surface area contributed by atoms with E-state index in [-0.39, 0.29) is 28.8 Å². The van der Waals surface area contributed by atoms with Crippen LogP contribution in [0, 0.1) is 5.41 Å². The van der Waals surface area contributed by atoms with E-state index >= 15 is 0 Å². The van der Waals surface area contributed by atoms with Gasteiger partial charge >= 0.3 is 5.97 Å². The van der Waals surface area contributed by atoms with Crippen LogP contribution >= 0.6 is 34.7 Å². The molecule has 3 amide bonds. The average Bonchev–Trinajstić information content (AvgIpc) is 3.18. The first kappa shape index (κ1) is 22.1. The second kappa shape index (κ2) is 9.02. The first-order chi connectivity index (χ1) is 14.4. The van der Waals surface area contributed by atoms with E-state index in [2.05, 4.69) is 20.8 Å². The number of rotatable bonds is 8. The molecule has 3 rings (SSSR count). The van der Waals surface area contributed by atoms with Crippen LogP contribution in [-0.4, -0.2) is 75.7 Å². The number of carbonyl (C=O) groups excluding carboxylic acids is 3. The topological polar surface area (TPSA) is 150 Å².